The van der Waals surface area contributed by atoms with Gasteiger partial charge in [0.1, 0.15) is 12.2 Å². The van der Waals surface area contributed by atoms with Crippen LogP contribution in [-0.2, 0) is 34.6 Å². The van der Waals surface area contributed by atoms with Gasteiger partial charge in [0.25, 0.3) is 14.1 Å². The predicted molar refractivity (Wildman–Crippen MR) is 187 cm³/mol. The van der Waals surface area contributed by atoms with E-state index in [1.165, 1.54) is 14.1 Å². The number of hydrogen-bond acceptors (Lipinski definition) is 8. The maximum atomic E-state index is 13.8. The van der Waals surface area contributed by atoms with Crippen LogP contribution in [-0.4, -0.2) is 79.9 Å². The lowest BCUT2D eigenvalue weighted by Crippen LogP contribution is -2.67. The molecule has 0 aliphatic carbocycles. The molecule has 4 atom stereocenters. The molecule has 1 aromatic heterocycles. The Morgan fingerprint density at radius 1 is 0.978 bits per heavy atom. The average molecular weight is 778 g/mol. The van der Waals surface area contributed by atoms with E-state index in [0.717, 1.165) is 22.2 Å². The van der Waals surface area contributed by atoms with Gasteiger partial charge < -0.3 is 23.7 Å². The number of rotatable bonds is 8. The van der Waals surface area contributed by atoms with Gasteiger partial charge in [0.15, 0.2) is 17.7 Å². The van der Waals surface area contributed by atoms with Crippen LogP contribution in [0.25, 0.3) is 11.0 Å². The van der Waals surface area contributed by atoms with E-state index in [1.54, 1.807) is 32.0 Å². The molecule has 2 aliphatic heterocycles. The molecular weight excluding hydrogens is 737 g/mol. The standard InChI is InChI=1S/C33H40IN3O7SSi/c1-31(2,3)46(23-14-10-8-11-15-23,24-16-12-9-13-17-24)41-21-27-28-29(44-32(4,5)43-28)33(38,42-27)30-35-25-20-22(34)18-19-26(25)37(30)45(39,40)36(6)7/h8-20,27-29,38H,21H2,1-7H3/t27-,28-,29-,33?/m1/s1. The van der Waals surface area contributed by atoms with Crippen molar-refractivity contribution in [1.82, 2.24) is 13.3 Å². The quantitative estimate of drug-likeness (QED) is 0.212. The third kappa shape index (κ3) is 5.46. The van der Waals surface area contributed by atoms with Crippen LogP contribution in [0.5, 0.6) is 0 Å². The molecule has 0 bridgehead atoms. The van der Waals surface area contributed by atoms with Crippen LogP contribution < -0.4 is 10.4 Å². The fourth-order valence-electron chi connectivity index (χ4n) is 6.66. The van der Waals surface area contributed by atoms with Gasteiger partial charge in [-0.3, -0.25) is 0 Å². The van der Waals surface area contributed by atoms with Crippen LogP contribution in [0.3, 0.4) is 0 Å². The summed E-state index contributed by atoms with van der Waals surface area (Å²) in [5.41, 5.74) is 0.703. The first-order valence-corrected chi connectivity index (χ1v) is 19.5. The molecule has 3 aromatic carbocycles. The minimum absolute atomic E-state index is 0.0504. The lowest BCUT2D eigenvalue weighted by atomic mass is 10.1. The SMILES string of the molecule is CN(C)S(=O)(=O)n1c(C2(O)O[C@H](CO[Si](c3ccccc3)(c3ccccc3)C(C)(C)C)[C@H]3OC(C)(C)O[C@H]32)nc2cc(I)ccc21. The van der Waals surface area contributed by atoms with Crippen molar-refractivity contribution in [2.24, 2.45) is 0 Å². The van der Waals surface area contributed by atoms with Crippen LogP contribution in [0.2, 0.25) is 5.04 Å². The number of halogens is 1. The van der Waals surface area contributed by atoms with Gasteiger partial charge in [-0.2, -0.15) is 12.7 Å². The second-order valence-electron chi connectivity index (χ2n) is 13.5. The lowest BCUT2D eigenvalue weighted by molar-refractivity contribution is -0.286. The smallest absolute Gasteiger partial charge is 0.309 e. The zero-order chi connectivity index (χ0) is 33.3. The van der Waals surface area contributed by atoms with Crippen LogP contribution in [0.1, 0.15) is 40.4 Å². The van der Waals surface area contributed by atoms with Gasteiger partial charge >= 0.3 is 10.2 Å². The fraction of sp³-hybridized carbons (Fsp3) is 0.424. The zero-order valence-corrected chi connectivity index (χ0v) is 30.9. The van der Waals surface area contributed by atoms with E-state index in [-0.39, 0.29) is 17.5 Å². The molecule has 6 rings (SSSR count). The van der Waals surface area contributed by atoms with E-state index >= 15 is 0 Å². The van der Waals surface area contributed by atoms with E-state index in [4.69, 9.17) is 18.6 Å². The average Bonchev–Trinajstić information content (AvgIpc) is 3.62. The molecule has 2 aliphatic rings. The normalized spacial score (nSPS) is 25.0. The Hall–Kier alpha value is -2.21. The van der Waals surface area contributed by atoms with Crippen LogP contribution >= 0.6 is 22.6 Å². The van der Waals surface area contributed by atoms with E-state index in [0.29, 0.717) is 11.0 Å². The maximum Gasteiger partial charge on any atom is 0.309 e. The summed E-state index contributed by atoms with van der Waals surface area (Å²) in [4.78, 5) is 4.67. The van der Waals surface area contributed by atoms with Crippen LogP contribution in [0, 0.1) is 3.57 Å². The number of ether oxygens (including phenoxy) is 3. The third-order valence-electron chi connectivity index (χ3n) is 8.68. The molecule has 10 nitrogen and oxygen atoms in total. The molecule has 1 N–H and O–H groups in total. The van der Waals surface area contributed by atoms with Crippen molar-refractivity contribution in [1.29, 1.82) is 0 Å². The highest BCUT2D eigenvalue weighted by atomic mass is 127. The monoisotopic (exact) mass is 777 g/mol. The molecule has 46 heavy (non-hydrogen) atoms. The first kappa shape index (κ1) is 33.7. The molecular formula is C33H40IN3O7SSi. The Labute approximate surface area is 285 Å². The molecule has 2 saturated heterocycles. The molecule has 0 radical (unpaired) electrons. The molecule has 0 saturated carbocycles. The molecule has 13 heteroatoms. The zero-order valence-electron chi connectivity index (χ0n) is 27.0. The highest BCUT2D eigenvalue weighted by Gasteiger charge is 2.66. The minimum atomic E-state index is -4.16. The summed E-state index contributed by atoms with van der Waals surface area (Å²) in [6.07, 6.45) is -2.70. The van der Waals surface area contributed by atoms with Crippen molar-refractivity contribution >= 4 is 62.5 Å². The van der Waals surface area contributed by atoms with Gasteiger partial charge in [-0.15, -0.1) is 0 Å². The first-order valence-electron chi connectivity index (χ1n) is 15.1. The van der Waals surface area contributed by atoms with Gasteiger partial charge in [-0.05, 0) is 70.0 Å². The fourth-order valence-corrected chi connectivity index (χ4v) is 12.8. The molecule has 246 valence electrons. The van der Waals surface area contributed by atoms with Crippen molar-refractivity contribution < 1.29 is 32.2 Å². The van der Waals surface area contributed by atoms with Crippen molar-refractivity contribution in [2.75, 3.05) is 20.7 Å². The highest BCUT2D eigenvalue weighted by molar-refractivity contribution is 14.1. The topological polar surface area (TPSA) is 112 Å². The van der Waals surface area contributed by atoms with E-state index < -0.39 is 48.4 Å². The summed E-state index contributed by atoms with van der Waals surface area (Å²) >= 11 is 2.14. The second-order valence-corrected chi connectivity index (χ2v) is 21.0. The summed E-state index contributed by atoms with van der Waals surface area (Å²) in [6.45, 7) is 10.1. The van der Waals surface area contributed by atoms with Gasteiger partial charge in [0, 0.05) is 17.7 Å². The molecule has 3 heterocycles. The Morgan fingerprint density at radius 3 is 2.11 bits per heavy atom. The van der Waals surface area contributed by atoms with Crippen molar-refractivity contribution in [3.63, 3.8) is 0 Å². The highest BCUT2D eigenvalue weighted by Crippen LogP contribution is 2.49. The molecule has 0 spiro atoms. The number of aliphatic hydroxyl groups is 1. The summed E-state index contributed by atoms with van der Waals surface area (Å²) in [5.74, 6) is -3.58. The summed E-state index contributed by atoms with van der Waals surface area (Å²) in [5, 5.41) is 14.4. The molecule has 4 aromatic rings. The Bertz CT molecular complexity index is 1810. The van der Waals surface area contributed by atoms with Crippen molar-refractivity contribution in [2.45, 2.75) is 69.5 Å². The van der Waals surface area contributed by atoms with Crippen molar-refractivity contribution in [3.05, 3.63) is 88.3 Å². The predicted octanol–water partition coefficient (Wildman–Crippen LogP) is 3.94. The first-order chi connectivity index (χ1) is 21.5. The number of hydrogen-bond donors (Lipinski definition) is 1. The molecule has 0 amide bonds. The number of fused-ring (bicyclic) bond motifs is 2. The summed E-state index contributed by atoms with van der Waals surface area (Å²) in [7, 11) is -4.29. The van der Waals surface area contributed by atoms with E-state index in [1.807, 2.05) is 36.4 Å². The van der Waals surface area contributed by atoms with Crippen molar-refractivity contribution in [3.8, 4) is 0 Å². The Kier molecular flexibility index (Phi) is 8.59. The van der Waals surface area contributed by atoms with Gasteiger partial charge in [-0.1, -0.05) is 81.4 Å². The summed E-state index contributed by atoms with van der Waals surface area (Å²) < 4.78 is 56.8. The third-order valence-corrected chi connectivity index (χ3v) is 16.1. The van der Waals surface area contributed by atoms with E-state index in [2.05, 4.69) is 72.6 Å². The summed E-state index contributed by atoms with van der Waals surface area (Å²) in [6, 6.07) is 25.7. The van der Waals surface area contributed by atoms with E-state index in [9.17, 15) is 13.5 Å². The largest absolute Gasteiger partial charge is 0.405 e. The van der Waals surface area contributed by atoms with Gasteiger partial charge in [-0.25, -0.2) is 8.96 Å². The minimum Gasteiger partial charge on any atom is -0.405 e. The maximum absolute atomic E-state index is 13.8. The second kappa shape index (κ2) is 11.7. The molecule has 1 unspecified atom stereocenters. The van der Waals surface area contributed by atoms with Crippen LogP contribution in [0.15, 0.2) is 78.9 Å². The van der Waals surface area contributed by atoms with Gasteiger partial charge in [0.2, 0.25) is 0 Å². The number of imidazole rings is 1. The van der Waals surface area contributed by atoms with Crippen LogP contribution in [0.4, 0.5) is 0 Å². The number of benzene rings is 3. The number of nitrogens with zero attached hydrogens (tertiary/aromatic N) is 3. The van der Waals surface area contributed by atoms with Gasteiger partial charge in [0.05, 0.1) is 17.6 Å². The number of aromatic nitrogens is 2. The lowest BCUT2D eigenvalue weighted by Gasteiger charge is -2.43. The molecule has 2 fully saturated rings. The Morgan fingerprint density at radius 2 is 1.57 bits per heavy atom. The Balaban J connectivity index is 1.47.